The predicted molar refractivity (Wildman–Crippen MR) is 122 cm³/mol. The number of benzene rings is 1. The van der Waals surface area contributed by atoms with E-state index in [4.69, 9.17) is 15.9 Å². The number of aliphatic hydroxyl groups is 1. The van der Waals surface area contributed by atoms with Crippen LogP contribution in [0.3, 0.4) is 0 Å². The summed E-state index contributed by atoms with van der Waals surface area (Å²) in [6, 6.07) is 2.21. The molecule has 14 heteroatoms. The number of nitrogens with two attached hydrogens (primary N) is 1. The molecule has 1 rings (SSSR count). The van der Waals surface area contributed by atoms with Crippen LogP contribution < -0.4 is 21.7 Å². The van der Waals surface area contributed by atoms with Crippen molar-refractivity contribution >= 4 is 35.6 Å². The molecule has 0 bridgehead atoms. The minimum atomic E-state index is -1.72. The molecule has 0 radical (unpaired) electrons. The van der Waals surface area contributed by atoms with Gasteiger partial charge in [-0.05, 0) is 18.9 Å². The minimum absolute atomic E-state index is 0.0890. The van der Waals surface area contributed by atoms with Crippen LogP contribution >= 0.6 is 0 Å². The molecule has 1 aromatic rings. The fraction of sp³-hybridized carbons (Fsp3) is 0.455. The summed E-state index contributed by atoms with van der Waals surface area (Å²) >= 11 is 0. The van der Waals surface area contributed by atoms with Gasteiger partial charge in [0.2, 0.25) is 17.7 Å². The largest absolute Gasteiger partial charge is 0.481 e. The van der Waals surface area contributed by atoms with Crippen molar-refractivity contribution in [3.63, 3.8) is 0 Å². The summed E-state index contributed by atoms with van der Waals surface area (Å²) in [4.78, 5) is 71.1. The highest BCUT2D eigenvalue weighted by Gasteiger charge is 2.33. The van der Waals surface area contributed by atoms with Crippen molar-refractivity contribution < 1.29 is 49.2 Å². The van der Waals surface area contributed by atoms with Crippen molar-refractivity contribution in [1.29, 1.82) is 0 Å². The lowest BCUT2D eigenvalue weighted by Gasteiger charge is -2.26. The Kier molecular flexibility index (Phi) is 12.0. The van der Waals surface area contributed by atoms with Crippen LogP contribution in [0.15, 0.2) is 30.3 Å². The number of aliphatic carboxylic acids is 3. The van der Waals surface area contributed by atoms with E-state index >= 15 is 0 Å². The van der Waals surface area contributed by atoms with Gasteiger partial charge in [-0.25, -0.2) is 4.79 Å². The van der Waals surface area contributed by atoms with Crippen LogP contribution in [0.5, 0.6) is 0 Å². The molecule has 0 spiro atoms. The van der Waals surface area contributed by atoms with E-state index in [0.717, 1.165) is 6.92 Å². The molecule has 0 fully saturated rings. The number of carbonyl (C=O) groups is 6. The zero-order valence-electron chi connectivity index (χ0n) is 19.4. The van der Waals surface area contributed by atoms with Crippen molar-refractivity contribution in [2.45, 2.75) is 62.9 Å². The van der Waals surface area contributed by atoms with Crippen LogP contribution in [-0.2, 0) is 35.2 Å². The number of carboxylic acids is 3. The van der Waals surface area contributed by atoms with Crippen LogP contribution in [0.1, 0.15) is 31.7 Å². The maximum absolute atomic E-state index is 12.7. The number of aliphatic hydroxyl groups excluding tert-OH is 1. The van der Waals surface area contributed by atoms with Crippen LogP contribution in [0, 0.1) is 0 Å². The molecule has 198 valence electrons. The molecule has 5 unspecified atom stereocenters. The Balaban J connectivity index is 2.94. The molecular weight excluding hydrogens is 480 g/mol. The number of carbonyl (C=O) groups excluding carboxylic acids is 3. The third-order valence-electron chi connectivity index (χ3n) is 4.98. The lowest BCUT2D eigenvalue weighted by atomic mass is 10.0. The summed E-state index contributed by atoms with van der Waals surface area (Å²) in [6.07, 6.45) is -3.25. The third kappa shape index (κ3) is 10.5. The topological polar surface area (TPSA) is 245 Å². The van der Waals surface area contributed by atoms with Gasteiger partial charge in [-0.3, -0.25) is 24.0 Å². The molecule has 0 heterocycles. The smallest absolute Gasteiger partial charge is 0.326 e. The monoisotopic (exact) mass is 510 g/mol. The van der Waals surface area contributed by atoms with E-state index in [0.29, 0.717) is 5.56 Å². The molecule has 36 heavy (non-hydrogen) atoms. The Morgan fingerprint density at radius 2 is 1.42 bits per heavy atom. The number of hydrogen-bond donors (Lipinski definition) is 8. The van der Waals surface area contributed by atoms with Gasteiger partial charge >= 0.3 is 17.9 Å². The molecule has 0 aliphatic heterocycles. The van der Waals surface area contributed by atoms with Gasteiger partial charge in [-0.15, -0.1) is 0 Å². The van der Waals surface area contributed by atoms with Crippen LogP contribution in [0.2, 0.25) is 0 Å². The second-order valence-corrected chi connectivity index (χ2v) is 8.01. The summed E-state index contributed by atoms with van der Waals surface area (Å²) in [5.41, 5.74) is 6.18. The van der Waals surface area contributed by atoms with E-state index in [-0.39, 0.29) is 12.8 Å². The second-order valence-electron chi connectivity index (χ2n) is 8.01. The van der Waals surface area contributed by atoms with Crippen molar-refractivity contribution in [2.75, 3.05) is 0 Å². The van der Waals surface area contributed by atoms with Gasteiger partial charge in [0.25, 0.3) is 0 Å². The van der Waals surface area contributed by atoms with Gasteiger partial charge < -0.3 is 42.1 Å². The molecule has 1 aromatic carbocycles. The maximum atomic E-state index is 12.7. The molecule has 9 N–H and O–H groups in total. The van der Waals surface area contributed by atoms with Crippen molar-refractivity contribution in [3.05, 3.63) is 35.9 Å². The predicted octanol–water partition coefficient (Wildman–Crippen LogP) is -2.18. The first-order valence-electron chi connectivity index (χ1n) is 10.9. The fourth-order valence-corrected chi connectivity index (χ4v) is 3.04. The quantitative estimate of drug-likeness (QED) is 0.126. The SMILES string of the molecule is CC(O)C(NC(=O)C(CC(=O)O)NC(=O)C(N)CCC(=O)O)C(=O)NC(Cc1ccccc1)C(=O)O. The minimum Gasteiger partial charge on any atom is -0.481 e. The third-order valence-corrected chi connectivity index (χ3v) is 4.98. The van der Waals surface area contributed by atoms with Gasteiger partial charge in [0.15, 0.2) is 0 Å². The van der Waals surface area contributed by atoms with Gasteiger partial charge in [0.1, 0.15) is 18.1 Å². The highest BCUT2D eigenvalue weighted by molar-refractivity contribution is 5.96. The molecule has 0 aliphatic rings. The molecule has 0 aromatic heterocycles. The van der Waals surface area contributed by atoms with Crippen LogP contribution in [-0.4, -0.2) is 86.3 Å². The first kappa shape index (κ1) is 30.0. The van der Waals surface area contributed by atoms with E-state index < -0.39 is 78.7 Å². The van der Waals surface area contributed by atoms with Gasteiger partial charge in [0, 0.05) is 12.8 Å². The maximum Gasteiger partial charge on any atom is 0.326 e. The lowest BCUT2D eigenvalue weighted by molar-refractivity contribution is -0.144. The second kappa shape index (κ2) is 14.4. The normalized spacial score (nSPS) is 14.9. The molecule has 14 nitrogen and oxygen atoms in total. The van der Waals surface area contributed by atoms with E-state index in [1.807, 2.05) is 0 Å². The Morgan fingerprint density at radius 1 is 0.833 bits per heavy atom. The average molecular weight is 511 g/mol. The summed E-state index contributed by atoms with van der Waals surface area (Å²) in [6.45, 7) is 1.14. The van der Waals surface area contributed by atoms with E-state index in [1.165, 1.54) is 0 Å². The Labute approximate surface area is 205 Å². The number of nitrogens with one attached hydrogen (secondary N) is 3. The van der Waals surface area contributed by atoms with Gasteiger partial charge in [-0.1, -0.05) is 30.3 Å². The molecular formula is C22H30N4O10. The summed E-state index contributed by atoms with van der Waals surface area (Å²) < 4.78 is 0. The Hall–Kier alpha value is -4.04. The average Bonchev–Trinajstić information content (AvgIpc) is 2.79. The molecule has 0 saturated heterocycles. The van der Waals surface area contributed by atoms with Crippen LogP contribution in [0.25, 0.3) is 0 Å². The van der Waals surface area contributed by atoms with Gasteiger partial charge in [-0.2, -0.15) is 0 Å². The summed E-state index contributed by atoms with van der Waals surface area (Å²) in [5.74, 6) is -7.27. The molecule has 3 amide bonds. The van der Waals surface area contributed by atoms with E-state index in [2.05, 4.69) is 16.0 Å². The summed E-state index contributed by atoms with van der Waals surface area (Å²) in [7, 11) is 0. The highest BCUT2D eigenvalue weighted by Crippen LogP contribution is 2.06. The molecule has 5 atom stereocenters. The zero-order valence-corrected chi connectivity index (χ0v) is 19.4. The summed E-state index contributed by atoms with van der Waals surface area (Å²) in [5, 5.41) is 43.7. The zero-order chi connectivity index (χ0) is 27.4. The first-order valence-corrected chi connectivity index (χ1v) is 10.9. The fourth-order valence-electron chi connectivity index (χ4n) is 3.04. The molecule has 0 aliphatic carbocycles. The van der Waals surface area contributed by atoms with Gasteiger partial charge in [0.05, 0.1) is 18.6 Å². The lowest BCUT2D eigenvalue weighted by Crippen LogP contribution is -2.60. The van der Waals surface area contributed by atoms with Crippen molar-refractivity contribution in [3.8, 4) is 0 Å². The Bertz CT molecular complexity index is 953. The van der Waals surface area contributed by atoms with Crippen molar-refractivity contribution in [2.24, 2.45) is 5.73 Å². The van der Waals surface area contributed by atoms with Crippen molar-refractivity contribution in [1.82, 2.24) is 16.0 Å². The molecule has 0 saturated carbocycles. The standard InChI is InChI=1S/C22H30N4O10/c1-11(27)18(21(34)25-15(22(35)36)9-12-5-3-2-4-6-12)26-20(33)14(10-17(30)31)24-19(32)13(23)7-8-16(28)29/h2-6,11,13-15,18,27H,7-10,23H2,1H3,(H,24,32)(H,25,34)(H,26,33)(H,28,29)(H,30,31)(H,35,36). The number of carboxylic acid groups (broad SMARTS) is 3. The Morgan fingerprint density at radius 3 is 1.92 bits per heavy atom. The number of amides is 3. The van der Waals surface area contributed by atoms with E-state index in [1.54, 1.807) is 30.3 Å². The first-order chi connectivity index (χ1) is 16.8. The highest BCUT2D eigenvalue weighted by atomic mass is 16.4. The number of rotatable bonds is 15. The number of hydrogen-bond acceptors (Lipinski definition) is 8. The van der Waals surface area contributed by atoms with E-state index in [9.17, 15) is 39.0 Å². The van der Waals surface area contributed by atoms with Crippen LogP contribution in [0.4, 0.5) is 0 Å².